The predicted octanol–water partition coefficient (Wildman–Crippen LogP) is 7.02. The van der Waals surface area contributed by atoms with Crippen molar-refractivity contribution in [3.8, 4) is 0 Å². The van der Waals surface area contributed by atoms with Gasteiger partial charge in [0.05, 0.1) is 17.3 Å². The molecule has 3 aromatic carbocycles. The van der Waals surface area contributed by atoms with Gasteiger partial charge in [-0.25, -0.2) is 0 Å². The highest BCUT2D eigenvalue weighted by atomic mass is 15.3. The third kappa shape index (κ3) is 3.72. The molecular weight excluding hydrogens is 366 g/mol. The van der Waals surface area contributed by atoms with Gasteiger partial charge in [-0.2, -0.15) is 5.10 Å². The maximum absolute atomic E-state index is 4.97. The fraction of sp³-hybridized carbons (Fsp3) is 0.296. The Morgan fingerprint density at radius 2 is 1.33 bits per heavy atom. The quantitative estimate of drug-likeness (QED) is 0.379. The number of aromatic nitrogens is 2. The zero-order chi connectivity index (χ0) is 21.3. The summed E-state index contributed by atoms with van der Waals surface area (Å²) in [6, 6.07) is 25.8. The highest BCUT2D eigenvalue weighted by Crippen LogP contribution is 2.38. The van der Waals surface area contributed by atoms with Crippen molar-refractivity contribution in [2.24, 2.45) is 7.05 Å². The number of hydrogen-bond acceptors (Lipinski definition) is 2. The monoisotopic (exact) mass is 397 g/mol. The predicted molar refractivity (Wildman–Crippen MR) is 127 cm³/mol. The maximum atomic E-state index is 4.97. The highest BCUT2D eigenvalue weighted by Gasteiger charge is 2.24. The first-order valence-electron chi connectivity index (χ1n) is 10.8. The van der Waals surface area contributed by atoms with E-state index in [-0.39, 0.29) is 6.04 Å². The van der Waals surface area contributed by atoms with Crippen molar-refractivity contribution in [3.63, 3.8) is 0 Å². The van der Waals surface area contributed by atoms with Crippen molar-refractivity contribution in [1.29, 1.82) is 0 Å². The van der Waals surface area contributed by atoms with Crippen LogP contribution in [0.5, 0.6) is 0 Å². The van der Waals surface area contributed by atoms with E-state index in [4.69, 9.17) is 5.10 Å². The van der Waals surface area contributed by atoms with Crippen molar-refractivity contribution in [2.75, 3.05) is 5.32 Å². The number of fused-ring (bicyclic) bond motifs is 1. The number of nitrogens with one attached hydrogen (secondary N) is 1. The molecule has 154 valence electrons. The molecule has 1 aromatic heterocycles. The molecule has 1 heterocycles. The largest absolute Gasteiger partial charge is 0.372 e. The van der Waals surface area contributed by atoms with E-state index < -0.39 is 0 Å². The Kier molecular flexibility index (Phi) is 5.63. The lowest BCUT2D eigenvalue weighted by molar-refractivity contribution is 0.744. The number of rotatable bonds is 6. The molecule has 1 N–H and O–H groups in total. The van der Waals surface area contributed by atoms with Crippen LogP contribution in [0.1, 0.15) is 68.0 Å². The molecule has 0 fully saturated rings. The summed E-state index contributed by atoms with van der Waals surface area (Å²) in [6.45, 7) is 9.05. The molecule has 0 amide bonds. The van der Waals surface area contributed by atoms with Crippen LogP contribution >= 0.6 is 0 Å². The summed E-state index contributed by atoms with van der Waals surface area (Å²) in [6.07, 6.45) is 0. The smallest absolute Gasteiger partial charge is 0.0971 e. The van der Waals surface area contributed by atoms with Crippen molar-refractivity contribution in [3.05, 3.63) is 95.2 Å². The van der Waals surface area contributed by atoms with Crippen LogP contribution in [0.25, 0.3) is 10.9 Å². The lowest BCUT2D eigenvalue weighted by atomic mass is 9.91. The second-order valence-corrected chi connectivity index (χ2v) is 8.63. The minimum atomic E-state index is -0.0327. The molecule has 4 aromatic rings. The van der Waals surface area contributed by atoms with Crippen LogP contribution in [0.2, 0.25) is 0 Å². The molecule has 4 rings (SSSR count). The van der Waals surface area contributed by atoms with Crippen molar-refractivity contribution < 1.29 is 0 Å². The number of benzene rings is 3. The van der Waals surface area contributed by atoms with Crippen LogP contribution in [0.4, 0.5) is 5.69 Å². The normalized spacial score (nSPS) is 12.6. The summed E-state index contributed by atoms with van der Waals surface area (Å²) in [4.78, 5) is 0. The highest BCUT2D eigenvalue weighted by molar-refractivity contribution is 5.83. The van der Waals surface area contributed by atoms with Gasteiger partial charge in [-0.05, 0) is 34.6 Å². The van der Waals surface area contributed by atoms with Crippen LogP contribution in [0, 0.1) is 0 Å². The van der Waals surface area contributed by atoms with Crippen LogP contribution in [0.3, 0.4) is 0 Å². The van der Waals surface area contributed by atoms with Gasteiger partial charge in [-0.1, -0.05) is 94.4 Å². The van der Waals surface area contributed by atoms with E-state index >= 15 is 0 Å². The summed E-state index contributed by atoms with van der Waals surface area (Å²) < 4.78 is 1.99. The van der Waals surface area contributed by atoms with Gasteiger partial charge in [0.1, 0.15) is 0 Å². The molecule has 0 aliphatic heterocycles. The minimum absolute atomic E-state index is 0.0327. The summed E-state index contributed by atoms with van der Waals surface area (Å²) in [5.41, 5.74) is 7.37. The van der Waals surface area contributed by atoms with E-state index in [9.17, 15) is 0 Å². The first-order valence-corrected chi connectivity index (χ1v) is 10.8. The molecule has 0 radical (unpaired) electrons. The molecule has 1 atom stereocenters. The first-order chi connectivity index (χ1) is 14.5. The standard InChI is InChI=1S/C27H31N3/c1-18(2)21-15-11-16-22(19(3)4)26(21)28-25(20-12-7-6-8-13-20)27-23-14-9-10-17-24(23)30(5)29-27/h6-19,25,28H,1-5H3. The molecule has 0 saturated heterocycles. The van der Waals surface area contributed by atoms with Crippen LogP contribution in [-0.2, 0) is 7.05 Å². The Labute approximate surface area is 179 Å². The number of aryl methyl sites for hydroxylation is 1. The third-order valence-electron chi connectivity index (χ3n) is 5.85. The topological polar surface area (TPSA) is 29.9 Å². The molecule has 1 unspecified atom stereocenters. The van der Waals surface area contributed by atoms with E-state index in [0.29, 0.717) is 11.8 Å². The van der Waals surface area contributed by atoms with E-state index in [2.05, 4.69) is 106 Å². The lowest BCUT2D eigenvalue weighted by Crippen LogP contribution is -2.17. The minimum Gasteiger partial charge on any atom is -0.372 e. The average molecular weight is 398 g/mol. The summed E-state index contributed by atoms with van der Waals surface area (Å²) in [7, 11) is 2.02. The van der Waals surface area contributed by atoms with E-state index in [0.717, 1.165) is 11.2 Å². The van der Waals surface area contributed by atoms with Gasteiger partial charge < -0.3 is 5.32 Å². The van der Waals surface area contributed by atoms with Gasteiger partial charge in [-0.3, -0.25) is 4.68 Å². The maximum Gasteiger partial charge on any atom is 0.0971 e. The molecule has 0 aliphatic carbocycles. The summed E-state index contributed by atoms with van der Waals surface area (Å²) in [5.74, 6) is 0.867. The van der Waals surface area contributed by atoms with Crippen molar-refractivity contribution in [2.45, 2.75) is 45.6 Å². The van der Waals surface area contributed by atoms with E-state index in [1.165, 1.54) is 27.8 Å². The summed E-state index contributed by atoms with van der Waals surface area (Å²) in [5, 5.41) is 10.1. The van der Waals surface area contributed by atoms with Gasteiger partial charge in [0.15, 0.2) is 0 Å². The zero-order valence-electron chi connectivity index (χ0n) is 18.6. The number of nitrogens with zero attached hydrogens (tertiary/aromatic N) is 2. The number of hydrogen-bond donors (Lipinski definition) is 1. The van der Waals surface area contributed by atoms with Crippen LogP contribution < -0.4 is 5.32 Å². The van der Waals surface area contributed by atoms with Crippen LogP contribution in [-0.4, -0.2) is 9.78 Å². The average Bonchev–Trinajstić information content (AvgIpc) is 3.09. The number of para-hydroxylation sites is 2. The Morgan fingerprint density at radius 1 is 0.733 bits per heavy atom. The van der Waals surface area contributed by atoms with E-state index in [1.807, 2.05) is 11.7 Å². The summed E-state index contributed by atoms with van der Waals surface area (Å²) >= 11 is 0. The fourth-order valence-electron chi connectivity index (χ4n) is 4.27. The van der Waals surface area contributed by atoms with Crippen molar-refractivity contribution in [1.82, 2.24) is 9.78 Å². The Bertz CT molecular complexity index is 1110. The van der Waals surface area contributed by atoms with Gasteiger partial charge >= 0.3 is 0 Å². The molecule has 0 bridgehead atoms. The van der Waals surface area contributed by atoms with Gasteiger partial charge in [0.25, 0.3) is 0 Å². The molecule has 0 aliphatic rings. The van der Waals surface area contributed by atoms with Gasteiger partial charge in [-0.15, -0.1) is 0 Å². The second kappa shape index (κ2) is 8.35. The SMILES string of the molecule is CC(C)c1cccc(C(C)C)c1NC(c1ccccc1)c1nn(C)c2ccccc12. The molecule has 3 heteroatoms. The molecule has 30 heavy (non-hydrogen) atoms. The molecular formula is C27H31N3. The second-order valence-electron chi connectivity index (χ2n) is 8.63. The first kappa shape index (κ1) is 20.2. The fourth-order valence-corrected chi connectivity index (χ4v) is 4.27. The van der Waals surface area contributed by atoms with E-state index in [1.54, 1.807) is 0 Å². The van der Waals surface area contributed by atoms with Gasteiger partial charge in [0.2, 0.25) is 0 Å². The Hall–Kier alpha value is -3.07. The Balaban J connectivity index is 1.92. The Morgan fingerprint density at radius 3 is 1.97 bits per heavy atom. The molecule has 3 nitrogen and oxygen atoms in total. The third-order valence-corrected chi connectivity index (χ3v) is 5.85. The molecule has 0 saturated carbocycles. The lowest BCUT2D eigenvalue weighted by Gasteiger charge is -2.26. The van der Waals surface area contributed by atoms with Gasteiger partial charge in [0, 0.05) is 18.1 Å². The van der Waals surface area contributed by atoms with Crippen molar-refractivity contribution >= 4 is 16.6 Å². The number of anilines is 1. The van der Waals surface area contributed by atoms with Crippen LogP contribution in [0.15, 0.2) is 72.8 Å². The zero-order valence-corrected chi connectivity index (χ0v) is 18.6. The molecule has 0 spiro atoms.